The fraction of sp³-hybridized carbons (Fsp3) is 0.667. The molecule has 0 heterocycles. The van der Waals surface area contributed by atoms with Crippen LogP contribution in [0.1, 0.15) is 19.8 Å². The van der Waals surface area contributed by atoms with E-state index >= 15 is 0 Å². The van der Waals surface area contributed by atoms with Crippen LogP contribution in [0.15, 0.2) is 11.8 Å². The molecular weight excluding hydrogens is 236 g/mol. The van der Waals surface area contributed by atoms with E-state index < -0.39 is 0 Å². The number of likely N-dealkylation sites (N-methyl/N-ethyl adjacent to an activating group) is 1. The minimum Gasteiger partial charge on any atom is -0.394 e. The van der Waals surface area contributed by atoms with Crippen LogP contribution < -0.4 is 5.32 Å². The molecule has 0 aliphatic rings. The zero-order valence-electron chi connectivity index (χ0n) is 11.2. The third-order valence-corrected chi connectivity index (χ3v) is 2.60. The van der Waals surface area contributed by atoms with E-state index in [0.29, 0.717) is 31.4 Å². The van der Waals surface area contributed by atoms with Gasteiger partial charge in [0.1, 0.15) is 0 Å². The highest BCUT2D eigenvalue weighted by Crippen LogP contribution is 2.05. The highest BCUT2D eigenvalue weighted by Gasteiger charge is 2.10. The molecule has 6 heteroatoms. The second kappa shape index (κ2) is 9.61. The van der Waals surface area contributed by atoms with Gasteiger partial charge in [-0.15, -0.1) is 0 Å². The Labute approximate surface area is 108 Å². The van der Waals surface area contributed by atoms with Crippen molar-refractivity contribution < 1.29 is 19.4 Å². The summed E-state index contributed by atoms with van der Waals surface area (Å²) in [6.07, 6.45) is 2.93. The van der Waals surface area contributed by atoms with Crippen molar-refractivity contribution in [3.8, 4) is 0 Å². The van der Waals surface area contributed by atoms with Gasteiger partial charge >= 0.3 is 0 Å². The molecule has 1 atom stereocenters. The maximum absolute atomic E-state index is 11.5. The van der Waals surface area contributed by atoms with Gasteiger partial charge in [0.25, 0.3) is 0 Å². The fourth-order valence-electron chi connectivity index (χ4n) is 1.40. The van der Waals surface area contributed by atoms with Gasteiger partial charge in [0.15, 0.2) is 0 Å². The van der Waals surface area contributed by atoms with Gasteiger partial charge in [-0.1, -0.05) is 6.92 Å². The predicted molar refractivity (Wildman–Crippen MR) is 67.7 cm³/mol. The molecule has 0 aliphatic carbocycles. The number of carbonyl (C=O) groups is 2. The molecule has 104 valence electrons. The first kappa shape index (κ1) is 16.6. The smallest absolute Gasteiger partial charge is 0.248 e. The predicted octanol–water partition coefficient (Wildman–Crippen LogP) is -0.118. The highest BCUT2D eigenvalue weighted by atomic mass is 16.5. The monoisotopic (exact) mass is 258 g/mol. The fourth-order valence-corrected chi connectivity index (χ4v) is 1.40. The summed E-state index contributed by atoms with van der Waals surface area (Å²) >= 11 is 0. The number of hydrogen-bond acceptors (Lipinski definition) is 4. The van der Waals surface area contributed by atoms with Crippen LogP contribution in [-0.2, 0) is 14.3 Å². The van der Waals surface area contributed by atoms with E-state index in [2.05, 4.69) is 5.32 Å². The van der Waals surface area contributed by atoms with Crippen molar-refractivity contribution in [3.05, 3.63) is 11.8 Å². The van der Waals surface area contributed by atoms with E-state index in [-0.39, 0.29) is 18.6 Å². The van der Waals surface area contributed by atoms with Gasteiger partial charge in [-0.05, 0) is 12.8 Å². The number of nitrogens with zero attached hydrogens (tertiary/aromatic N) is 1. The van der Waals surface area contributed by atoms with E-state index in [1.54, 1.807) is 7.05 Å². The van der Waals surface area contributed by atoms with Crippen molar-refractivity contribution in [2.75, 3.05) is 27.3 Å². The molecule has 6 nitrogen and oxygen atoms in total. The molecule has 0 rings (SSSR count). The summed E-state index contributed by atoms with van der Waals surface area (Å²) in [6.45, 7) is 2.14. The summed E-state index contributed by atoms with van der Waals surface area (Å²) < 4.78 is 5.00. The van der Waals surface area contributed by atoms with Crippen LogP contribution >= 0.6 is 0 Å². The van der Waals surface area contributed by atoms with Gasteiger partial charge in [-0.25, -0.2) is 0 Å². The van der Waals surface area contributed by atoms with Gasteiger partial charge in [0.2, 0.25) is 12.3 Å². The van der Waals surface area contributed by atoms with E-state index in [1.807, 2.05) is 6.92 Å². The molecule has 0 aromatic carbocycles. The first-order chi connectivity index (χ1) is 8.62. The lowest BCUT2D eigenvalue weighted by Gasteiger charge is -2.18. The van der Waals surface area contributed by atoms with Gasteiger partial charge in [-0.3, -0.25) is 9.59 Å². The second-order valence-corrected chi connectivity index (χ2v) is 3.76. The SMILES string of the molecule is CC/C(=C/N(C=O)CCC(CO)OC)C(=O)NC. The molecule has 0 fully saturated rings. The lowest BCUT2D eigenvalue weighted by molar-refractivity contribution is -0.117. The van der Waals surface area contributed by atoms with Crippen LogP contribution in [-0.4, -0.2) is 55.7 Å². The number of methoxy groups -OCH3 is 1. The lowest BCUT2D eigenvalue weighted by Crippen LogP contribution is -2.27. The molecule has 0 saturated carbocycles. The average Bonchev–Trinajstić information content (AvgIpc) is 2.42. The number of amides is 2. The first-order valence-corrected chi connectivity index (χ1v) is 5.90. The minimum absolute atomic E-state index is 0.0943. The van der Waals surface area contributed by atoms with E-state index in [1.165, 1.54) is 18.2 Å². The zero-order valence-corrected chi connectivity index (χ0v) is 11.2. The third-order valence-electron chi connectivity index (χ3n) is 2.60. The Balaban J connectivity index is 4.52. The normalized spacial score (nSPS) is 13.0. The molecule has 0 aromatic heterocycles. The third kappa shape index (κ3) is 5.79. The van der Waals surface area contributed by atoms with E-state index in [0.717, 1.165) is 0 Å². The number of carbonyl (C=O) groups excluding carboxylic acids is 2. The highest BCUT2D eigenvalue weighted by molar-refractivity contribution is 5.93. The molecule has 0 radical (unpaired) electrons. The van der Waals surface area contributed by atoms with Crippen molar-refractivity contribution in [2.24, 2.45) is 0 Å². The number of aliphatic hydroxyl groups excluding tert-OH is 1. The molecule has 2 N–H and O–H groups in total. The topological polar surface area (TPSA) is 78.9 Å². The van der Waals surface area contributed by atoms with Crippen molar-refractivity contribution in [1.29, 1.82) is 0 Å². The van der Waals surface area contributed by atoms with Crippen LogP contribution in [0, 0.1) is 0 Å². The van der Waals surface area contributed by atoms with Crippen LogP contribution in [0.25, 0.3) is 0 Å². The van der Waals surface area contributed by atoms with Crippen LogP contribution in [0.5, 0.6) is 0 Å². The van der Waals surface area contributed by atoms with Gasteiger partial charge in [0, 0.05) is 32.5 Å². The number of hydrogen-bond donors (Lipinski definition) is 2. The van der Waals surface area contributed by atoms with Crippen molar-refractivity contribution in [3.63, 3.8) is 0 Å². The Kier molecular flexibility index (Phi) is 8.86. The van der Waals surface area contributed by atoms with Crippen molar-refractivity contribution in [2.45, 2.75) is 25.9 Å². The zero-order chi connectivity index (χ0) is 14.0. The summed E-state index contributed by atoms with van der Waals surface area (Å²) in [5.74, 6) is -0.199. The number of ether oxygens (including phenoxy) is 1. The number of rotatable bonds is 9. The Morgan fingerprint density at radius 1 is 1.56 bits per heavy atom. The molecule has 0 bridgehead atoms. The summed E-state index contributed by atoms with van der Waals surface area (Å²) in [7, 11) is 3.05. The Morgan fingerprint density at radius 2 is 2.22 bits per heavy atom. The van der Waals surface area contributed by atoms with E-state index in [4.69, 9.17) is 9.84 Å². The number of nitrogens with one attached hydrogen (secondary N) is 1. The summed E-state index contributed by atoms with van der Waals surface area (Å²) in [6, 6.07) is 0. The van der Waals surface area contributed by atoms with Crippen molar-refractivity contribution >= 4 is 12.3 Å². The molecule has 0 aromatic rings. The van der Waals surface area contributed by atoms with Gasteiger partial charge in [0.05, 0.1) is 12.7 Å². The van der Waals surface area contributed by atoms with Crippen LogP contribution in [0.2, 0.25) is 0 Å². The molecule has 0 aliphatic heterocycles. The van der Waals surface area contributed by atoms with Crippen molar-refractivity contribution in [1.82, 2.24) is 10.2 Å². The Bertz CT molecular complexity index is 288. The first-order valence-electron chi connectivity index (χ1n) is 5.90. The van der Waals surface area contributed by atoms with Crippen LogP contribution in [0.4, 0.5) is 0 Å². The lowest BCUT2D eigenvalue weighted by atomic mass is 10.2. The summed E-state index contributed by atoms with van der Waals surface area (Å²) in [4.78, 5) is 23.7. The maximum atomic E-state index is 11.5. The molecule has 18 heavy (non-hydrogen) atoms. The minimum atomic E-state index is -0.300. The largest absolute Gasteiger partial charge is 0.394 e. The molecule has 2 amide bonds. The maximum Gasteiger partial charge on any atom is 0.248 e. The van der Waals surface area contributed by atoms with Gasteiger partial charge < -0.3 is 20.1 Å². The molecule has 0 saturated heterocycles. The molecule has 0 spiro atoms. The Hall–Kier alpha value is -1.40. The van der Waals surface area contributed by atoms with Gasteiger partial charge in [-0.2, -0.15) is 0 Å². The van der Waals surface area contributed by atoms with E-state index in [9.17, 15) is 9.59 Å². The van der Waals surface area contributed by atoms with Crippen LogP contribution in [0.3, 0.4) is 0 Å². The molecule has 1 unspecified atom stereocenters. The second-order valence-electron chi connectivity index (χ2n) is 3.76. The standard InChI is InChI=1S/C12H22N2O4/c1-4-10(12(17)13-2)7-14(9-16)6-5-11(8-15)18-3/h7,9,11,15H,4-6,8H2,1-3H3,(H,13,17)/b10-7-. The number of aliphatic hydroxyl groups is 1. The summed E-state index contributed by atoms with van der Waals surface area (Å²) in [5.41, 5.74) is 0.530. The molecular formula is C12H22N2O4. The summed E-state index contributed by atoms with van der Waals surface area (Å²) in [5, 5.41) is 11.5. The Morgan fingerprint density at radius 3 is 2.61 bits per heavy atom. The quantitative estimate of drug-likeness (QED) is 0.446. The average molecular weight is 258 g/mol.